The fraction of sp³-hybridized carbons (Fsp3) is 0.125. The predicted octanol–water partition coefficient (Wildman–Crippen LogP) is 5.69. The third kappa shape index (κ3) is 2.46. The molecule has 126 valence electrons. The number of aromatic nitrogens is 1. The second kappa shape index (κ2) is 6.30. The average Bonchev–Trinajstić information content (AvgIpc) is 2.74. The van der Waals surface area contributed by atoms with Crippen molar-refractivity contribution in [3.05, 3.63) is 102 Å². The molecule has 26 heavy (non-hydrogen) atoms. The van der Waals surface area contributed by atoms with Crippen LogP contribution in [0.1, 0.15) is 29.0 Å². The van der Waals surface area contributed by atoms with Gasteiger partial charge in [-0.15, -0.1) is 0 Å². The second-order valence-electron chi connectivity index (χ2n) is 6.80. The summed E-state index contributed by atoms with van der Waals surface area (Å²) in [6.45, 7) is 0.828. The van der Waals surface area contributed by atoms with Crippen molar-refractivity contribution in [2.24, 2.45) is 0 Å². The van der Waals surface area contributed by atoms with Crippen molar-refractivity contribution in [2.75, 3.05) is 11.9 Å². The van der Waals surface area contributed by atoms with E-state index in [2.05, 4.69) is 84.2 Å². The lowest BCUT2D eigenvalue weighted by molar-refractivity contribution is 0.860. The second-order valence-corrected chi connectivity index (χ2v) is 6.80. The number of rotatable bonds is 2. The molecule has 5 rings (SSSR count). The Hall–Kier alpha value is -3.13. The Bertz CT molecular complexity index is 1060. The van der Waals surface area contributed by atoms with Crippen LogP contribution in [0.3, 0.4) is 0 Å². The molecule has 1 atom stereocenters. The van der Waals surface area contributed by atoms with E-state index in [9.17, 15) is 0 Å². The van der Waals surface area contributed by atoms with Crippen LogP contribution in [0.5, 0.6) is 0 Å². The summed E-state index contributed by atoms with van der Waals surface area (Å²) >= 11 is 0. The molecule has 2 nitrogen and oxygen atoms in total. The van der Waals surface area contributed by atoms with Crippen molar-refractivity contribution in [3.63, 3.8) is 0 Å². The molecule has 1 N–H and O–H groups in total. The summed E-state index contributed by atoms with van der Waals surface area (Å²) in [5.74, 6) is 0.427. The average molecular weight is 336 g/mol. The maximum absolute atomic E-state index is 4.75. The maximum atomic E-state index is 4.75. The molecule has 0 spiro atoms. The number of pyridine rings is 1. The zero-order valence-corrected chi connectivity index (χ0v) is 14.5. The van der Waals surface area contributed by atoms with Crippen molar-refractivity contribution < 1.29 is 0 Å². The van der Waals surface area contributed by atoms with Crippen LogP contribution in [0.15, 0.2) is 85.1 Å². The van der Waals surface area contributed by atoms with Crippen LogP contribution in [0, 0.1) is 0 Å². The van der Waals surface area contributed by atoms with Crippen LogP contribution in [-0.2, 0) is 0 Å². The van der Waals surface area contributed by atoms with E-state index in [1.165, 1.54) is 27.6 Å². The van der Waals surface area contributed by atoms with Gasteiger partial charge in [0, 0.05) is 29.6 Å². The number of nitrogens with one attached hydrogen (secondary N) is 1. The van der Waals surface area contributed by atoms with Crippen LogP contribution < -0.4 is 5.32 Å². The molecule has 3 aromatic rings. The predicted molar refractivity (Wildman–Crippen MR) is 109 cm³/mol. The molecule has 1 unspecified atom stereocenters. The lowest BCUT2D eigenvalue weighted by Crippen LogP contribution is -2.10. The molecule has 2 aliphatic rings. The number of hydrogen-bond donors (Lipinski definition) is 1. The van der Waals surface area contributed by atoms with Gasteiger partial charge in [-0.1, -0.05) is 72.8 Å². The first kappa shape index (κ1) is 15.2. The van der Waals surface area contributed by atoms with E-state index in [4.69, 9.17) is 4.98 Å². The Morgan fingerprint density at radius 2 is 1.88 bits per heavy atom. The quantitative estimate of drug-likeness (QED) is 0.650. The van der Waals surface area contributed by atoms with E-state index in [0.29, 0.717) is 5.92 Å². The minimum Gasteiger partial charge on any atom is -0.379 e. The van der Waals surface area contributed by atoms with Crippen molar-refractivity contribution in [1.82, 2.24) is 4.98 Å². The zero-order valence-electron chi connectivity index (χ0n) is 14.5. The van der Waals surface area contributed by atoms with Crippen LogP contribution in [0.2, 0.25) is 0 Å². The van der Waals surface area contributed by atoms with E-state index in [0.717, 1.165) is 24.2 Å². The number of allylic oxidation sites excluding steroid dienone is 4. The van der Waals surface area contributed by atoms with Crippen LogP contribution in [0.25, 0.3) is 16.5 Å². The number of hydrogen-bond acceptors (Lipinski definition) is 2. The number of benzene rings is 2. The molecular formula is C24H20N2. The summed E-state index contributed by atoms with van der Waals surface area (Å²) < 4.78 is 0. The lowest BCUT2D eigenvalue weighted by Gasteiger charge is -2.23. The van der Waals surface area contributed by atoms with Gasteiger partial charge in [0.25, 0.3) is 0 Å². The molecular weight excluding hydrogens is 316 g/mol. The van der Waals surface area contributed by atoms with Gasteiger partial charge >= 0.3 is 0 Å². The molecule has 0 radical (unpaired) electrons. The Kier molecular flexibility index (Phi) is 3.67. The van der Waals surface area contributed by atoms with Gasteiger partial charge in [0.05, 0.1) is 11.2 Å². The van der Waals surface area contributed by atoms with Gasteiger partial charge in [0.2, 0.25) is 0 Å². The van der Waals surface area contributed by atoms with Crippen molar-refractivity contribution in [2.45, 2.75) is 12.3 Å². The lowest BCUT2D eigenvalue weighted by atomic mass is 9.87. The number of nitrogens with zero attached hydrogens (tertiary/aromatic N) is 1. The molecule has 1 aromatic heterocycles. The Balaban J connectivity index is 1.68. The first-order chi connectivity index (χ1) is 12.9. The monoisotopic (exact) mass is 336 g/mol. The van der Waals surface area contributed by atoms with Crippen molar-refractivity contribution >= 4 is 22.2 Å². The molecule has 0 fully saturated rings. The van der Waals surface area contributed by atoms with Crippen LogP contribution in [-0.4, -0.2) is 11.5 Å². The van der Waals surface area contributed by atoms with E-state index in [-0.39, 0.29) is 0 Å². The number of fused-ring (bicyclic) bond motifs is 3. The molecule has 2 heteroatoms. The summed E-state index contributed by atoms with van der Waals surface area (Å²) in [6.07, 6.45) is 14.1. The topological polar surface area (TPSA) is 24.9 Å². The smallest absolute Gasteiger partial charge is 0.0942 e. The van der Waals surface area contributed by atoms with Crippen LogP contribution >= 0.6 is 0 Å². The van der Waals surface area contributed by atoms with Gasteiger partial charge in [-0.2, -0.15) is 0 Å². The Morgan fingerprint density at radius 3 is 2.73 bits per heavy atom. The fourth-order valence-electron chi connectivity index (χ4n) is 4.03. The summed E-state index contributed by atoms with van der Waals surface area (Å²) in [6, 6.07) is 17.3. The van der Waals surface area contributed by atoms with Gasteiger partial charge in [-0.3, -0.25) is 4.98 Å². The molecule has 1 aliphatic heterocycles. The van der Waals surface area contributed by atoms with Crippen LogP contribution in [0.4, 0.5) is 5.69 Å². The third-order valence-corrected chi connectivity index (χ3v) is 5.29. The summed E-state index contributed by atoms with van der Waals surface area (Å²) in [5, 5.41) is 4.81. The highest BCUT2D eigenvalue weighted by atomic mass is 14.9. The van der Waals surface area contributed by atoms with E-state index in [1.54, 1.807) is 0 Å². The molecule has 0 saturated carbocycles. The summed E-state index contributed by atoms with van der Waals surface area (Å²) in [7, 11) is 0. The highest BCUT2D eigenvalue weighted by Crippen LogP contribution is 2.39. The van der Waals surface area contributed by atoms with Gasteiger partial charge in [0.1, 0.15) is 0 Å². The molecule has 0 amide bonds. The molecule has 2 heterocycles. The highest BCUT2D eigenvalue weighted by molar-refractivity contribution is 6.02. The van der Waals surface area contributed by atoms with Gasteiger partial charge in [-0.05, 0) is 29.2 Å². The van der Waals surface area contributed by atoms with Gasteiger partial charge < -0.3 is 5.32 Å². The first-order valence-electron chi connectivity index (χ1n) is 9.16. The van der Waals surface area contributed by atoms with Gasteiger partial charge in [-0.25, -0.2) is 0 Å². The minimum atomic E-state index is 0.427. The first-order valence-corrected chi connectivity index (χ1v) is 9.16. The van der Waals surface area contributed by atoms with Crippen molar-refractivity contribution in [1.29, 1.82) is 0 Å². The summed E-state index contributed by atoms with van der Waals surface area (Å²) in [5.41, 5.74) is 7.36. The highest BCUT2D eigenvalue weighted by Gasteiger charge is 2.20. The minimum absolute atomic E-state index is 0.427. The van der Waals surface area contributed by atoms with E-state index >= 15 is 0 Å². The zero-order chi connectivity index (χ0) is 17.3. The molecule has 0 saturated heterocycles. The van der Waals surface area contributed by atoms with E-state index in [1.807, 2.05) is 6.20 Å². The summed E-state index contributed by atoms with van der Waals surface area (Å²) in [4.78, 5) is 4.75. The van der Waals surface area contributed by atoms with E-state index < -0.39 is 0 Å². The number of anilines is 1. The van der Waals surface area contributed by atoms with Gasteiger partial charge in [0.15, 0.2) is 0 Å². The third-order valence-electron chi connectivity index (χ3n) is 5.29. The molecule has 1 aliphatic carbocycles. The largest absolute Gasteiger partial charge is 0.379 e. The SMILES string of the molecule is C1=CCC(c2ccnc3c4c(ccc23)C(c2ccccc2)=CCN4)C=C1. The maximum Gasteiger partial charge on any atom is 0.0942 e. The standard InChI is InChI=1S/C24H20N2/c1-3-7-17(8-4-1)19-13-15-25-23-21(19)11-12-22-20(14-16-26-24(22)23)18-9-5-2-6-10-18/h1-9,11-14,16,18,25H,10,15H2. The Labute approximate surface area is 153 Å². The normalized spacial score (nSPS) is 18.3. The Morgan fingerprint density at radius 1 is 0.962 bits per heavy atom. The molecule has 2 aromatic carbocycles. The fourth-order valence-corrected chi connectivity index (χ4v) is 4.03. The van der Waals surface area contributed by atoms with Crippen molar-refractivity contribution in [3.8, 4) is 0 Å². The molecule has 0 bridgehead atoms.